The quantitative estimate of drug-likeness (QED) is 0.761. The summed E-state index contributed by atoms with van der Waals surface area (Å²) in [7, 11) is -1.49. The van der Waals surface area contributed by atoms with Gasteiger partial charge in [-0.25, -0.2) is 13.4 Å². The molecule has 2 bridgehead atoms. The molecule has 3 heterocycles. The van der Waals surface area contributed by atoms with E-state index in [4.69, 9.17) is 16.0 Å². The Hall–Kier alpha value is -1.11. The molecule has 7 heteroatoms. The van der Waals surface area contributed by atoms with Crippen LogP contribution in [0.25, 0.3) is 11.1 Å². The molecule has 26 heavy (non-hydrogen) atoms. The van der Waals surface area contributed by atoms with Crippen LogP contribution < -0.4 is 0 Å². The largest absolute Gasteiger partial charge is 0.439 e. The number of halogens is 1. The van der Waals surface area contributed by atoms with E-state index >= 15 is 0 Å². The molecule has 2 unspecified atom stereocenters. The van der Waals surface area contributed by atoms with Gasteiger partial charge in [-0.15, -0.1) is 0 Å². The third-order valence-corrected chi connectivity index (χ3v) is 8.55. The summed E-state index contributed by atoms with van der Waals surface area (Å²) in [6.07, 6.45) is 3.45. The highest BCUT2D eigenvalue weighted by atomic mass is 35.5. The van der Waals surface area contributed by atoms with Gasteiger partial charge in [-0.3, -0.25) is 0 Å². The number of hydrogen-bond donors (Lipinski definition) is 0. The number of hydrogen-bond acceptors (Lipinski definition) is 5. The Morgan fingerprint density at radius 1 is 1.19 bits per heavy atom. The number of piperidine rings is 1. The van der Waals surface area contributed by atoms with Gasteiger partial charge in [-0.2, -0.15) is 0 Å². The molecule has 0 amide bonds. The fourth-order valence-electron chi connectivity index (χ4n) is 4.31. The Morgan fingerprint density at radius 3 is 2.38 bits per heavy atom. The first-order chi connectivity index (χ1) is 12.1. The molecule has 2 aromatic rings. The molecule has 1 aromatic carbocycles. The highest BCUT2D eigenvalue weighted by molar-refractivity contribution is 7.92. The summed E-state index contributed by atoms with van der Waals surface area (Å²) in [6.45, 7) is 5.96. The van der Waals surface area contributed by atoms with E-state index in [9.17, 15) is 8.42 Å². The number of sulfone groups is 1. The van der Waals surface area contributed by atoms with Crippen molar-refractivity contribution in [1.82, 2.24) is 9.88 Å². The molecule has 0 aliphatic carbocycles. The monoisotopic (exact) mass is 396 g/mol. The summed E-state index contributed by atoms with van der Waals surface area (Å²) in [5, 5.41) is -0.192. The third-order valence-electron chi connectivity index (χ3n) is 5.88. The van der Waals surface area contributed by atoms with Crippen molar-refractivity contribution in [3.63, 3.8) is 0 Å². The Bertz CT molecular complexity index is 947. The van der Waals surface area contributed by atoms with Crippen LogP contribution in [-0.2, 0) is 15.3 Å². The van der Waals surface area contributed by atoms with Crippen LogP contribution in [-0.4, -0.2) is 42.7 Å². The van der Waals surface area contributed by atoms with Crippen LogP contribution in [0.4, 0.5) is 0 Å². The van der Waals surface area contributed by atoms with E-state index in [2.05, 4.69) is 16.9 Å². The normalized spacial score (nSPS) is 27.3. The SMILES string of the molecule is CN1C2CCC1CC(S(=O)(=O)c1c(Cl)ccc3nc(C(C)(C)C)oc13)C2. The van der Waals surface area contributed by atoms with Gasteiger partial charge in [-0.05, 0) is 44.9 Å². The first-order valence-electron chi connectivity index (χ1n) is 9.14. The average molecular weight is 397 g/mol. The van der Waals surface area contributed by atoms with Gasteiger partial charge < -0.3 is 9.32 Å². The molecular weight excluding hydrogens is 372 g/mol. The molecule has 2 aliphatic heterocycles. The average Bonchev–Trinajstić information content (AvgIpc) is 3.03. The maximum Gasteiger partial charge on any atom is 0.200 e. The minimum atomic E-state index is -3.59. The molecular formula is C19H25ClN2O3S. The first-order valence-corrected chi connectivity index (χ1v) is 11.1. The summed E-state index contributed by atoms with van der Waals surface area (Å²) in [5.41, 5.74) is 0.543. The van der Waals surface area contributed by atoms with E-state index in [1.54, 1.807) is 12.1 Å². The van der Waals surface area contributed by atoms with Crippen molar-refractivity contribution in [3.8, 4) is 0 Å². The highest BCUT2D eigenvalue weighted by Gasteiger charge is 2.45. The molecule has 4 rings (SSSR count). The predicted molar refractivity (Wildman–Crippen MR) is 102 cm³/mol. The van der Waals surface area contributed by atoms with Crippen molar-refractivity contribution in [2.75, 3.05) is 7.05 Å². The summed E-state index contributed by atoms with van der Waals surface area (Å²) in [6, 6.07) is 4.03. The van der Waals surface area contributed by atoms with E-state index in [1.807, 2.05) is 20.8 Å². The molecule has 2 fully saturated rings. The Labute approximate surface area is 159 Å². The second kappa shape index (κ2) is 5.94. The van der Waals surface area contributed by atoms with Crippen molar-refractivity contribution < 1.29 is 12.8 Å². The molecule has 0 saturated carbocycles. The van der Waals surface area contributed by atoms with Crippen molar-refractivity contribution in [2.45, 2.75) is 74.1 Å². The van der Waals surface area contributed by atoms with Gasteiger partial charge in [0.2, 0.25) is 5.89 Å². The van der Waals surface area contributed by atoms with Gasteiger partial charge in [-0.1, -0.05) is 32.4 Å². The molecule has 2 atom stereocenters. The molecule has 0 N–H and O–H groups in total. The maximum atomic E-state index is 13.5. The van der Waals surface area contributed by atoms with Crippen LogP contribution >= 0.6 is 11.6 Å². The fourth-order valence-corrected chi connectivity index (χ4v) is 6.81. The van der Waals surface area contributed by atoms with Crippen LogP contribution in [0.3, 0.4) is 0 Å². The van der Waals surface area contributed by atoms with Gasteiger partial charge in [0.05, 0.1) is 10.3 Å². The predicted octanol–water partition coefficient (Wildman–Crippen LogP) is 4.18. The zero-order chi connectivity index (χ0) is 18.9. The third kappa shape index (κ3) is 2.77. The molecule has 1 aromatic heterocycles. The van der Waals surface area contributed by atoms with E-state index in [0.29, 0.717) is 41.9 Å². The van der Waals surface area contributed by atoms with Crippen molar-refractivity contribution >= 4 is 32.5 Å². The molecule has 0 radical (unpaired) electrons. The minimum Gasteiger partial charge on any atom is -0.439 e. The Morgan fingerprint density at radius 2 is 1.81 bits per heavy atom. The van der Waals surface area contributed by atoms with Gasteiger partial charge in [0, 0.05) is 17.5 Å². The van der Waals surface area contributed by atoms with Crippen molar-refractivity contribution in [2.24, 2.45) is 0 Å². The van der Waals surface area contributed by atoms with Crippen molar-refractivity contribution in [1.29, 1.82) is 0 Å². The standard InChI is InChI=1S/C19H25ClN2O3S/c1-19(2,3)18-21-15-8-7-14(20)17(16(15)25-18)26(23,24)13-9-11-5-6-12(10-13)22(11)4/h7-8,11-13H,5-6,9-10H2,1-4H3. The number of benzene rings is 1. The van der Waals surface area contributed by atoms with Gasteiger partial charge in [0.25, 0.3) is 0 Å². The second-order valence-electron chi connectivity index (χ2n) is 8.68. The Balaban J connectivity index is 1.82. The second-order valence-corrected chi connectivity index (χ2v) is 11.3. The van der Waals surface area contributed by atoms with Crippen LogP contribution in [0.2, 0.25) is 5.02 Å². The van der Waals surface area contributed by atoms with Crippen LogP contribution in [0.1, 0.15) is 52.3 Å². The zero-order valence-electron chi connectivity index (χ0n) is 15.6. The molecule has 2 saturated heterocycles. The first kappa shape index (κ1) is 18.3. The molecule has 2 aliphatic rings. The van der Waals surface area contributed by atoms with Crippen LogP contribution in [0.15, 0.2) is 21.4 Å². The van der Waals surface area contributed by atoms with E-state index in [0.717, 1.165) is 12.8 Å². The zero-order valence-corrected chi connectivity index (χ0v) is 17.2. The Kier molecular flexibility index (Phi) is 4.18. The van der Waals surface area contributed by atoms with E-state index in [-0.39, 0.29) is 15.3 Å². The maximum absolute atomic E-state index is 13.5. The van der Waals surface area contributed by atoms with Gasteiger partial charge >= 0.3 is 0 Å². The summed E-state index contributed by atoms with van der Waals surface area (Å²) in [4.78, 5) is 6.95. The summed E-state index contributed by atoms with van der Waals surface area (Å²) in [5.74, 6) is 0.523. The van der Waals surface area contributed by atoms with Crippen LogP contribution in [0, 0.1) is 0 Å². The fraction of sp³-hybridized carbons (Fsp3) is 0.632. The smallest absolute Gasteiger partial charge is 0.200 e. The van der Waals surface area contributed by atoms with Crippen LogP contribution in [0.5, 0.6) is 0 Å². The van der Waals surface area contributed by atoms with Gasteiger partial charge in [0.1, 0.15) is 10.4 Å². The molecule has 0 spiro atoms. The topological polar surface area (TPSA) is 63.4 Å². The highest BCUT2D eigenvalue weighted by Crippen LogP contribution is 2.42. The molecule has 142 valence electrons. The van der Waals surface area contributed by atoms with E-state index in [1.165, 1.54) is 0 Å². The number of oxazole rings is 1. The summed E-state index contributed by atoms with van der Waals surface area (Å²) >= 11 is 6.37. The number of fused-ring (bicyclic) bond motifs is 3. The van der Waals surface area contributed by atoms with Gasteiger partial charge in [0.15, 0.2) is 15.4 Å². The number of nitrogens with zero attached hydrogens (tertiary/aromatic N) is 2. The minimum absolute atomic E-state index is 0.119. The summed E-state index contributed by atoms with van der Waals surface area (Å²) < 4.78 is 33.0. The lowest BCUT2D eigenvalue weighted by Crippen LogP contribution is -2.44. The number of aromatic nitrogens is 1. The lowest BCUT2D eigenvalue weighted by atomic mass is 9.97. The van der Waals surface area contributed by atoms with E-state index < -0.39 is 15.1 Å². The lowest BCUT2D eigenvalue weighted by molar-refractivity contribution is 0.180. The lowest BCUT2D eigenvalue weighted by Gasteiger charge is -2.35. The van der Waals surface area contributed by atoms with Crippen molar-refractivity contribution in [3.05, 3.63) is 23.0 Å². The number of rotatable bonds is 2. The molecule has 5 nitrogen and oxygen atoms in total.